The Labute approximate surface area is 93.2 Å². The van der Waals surface area contributed by atoms with Gasteiger partial charge in [0.15, 0.2) is 5.75 Å². The number of halogens is 1. The highest BCUT2D eigenvalue weighted by atomic mass is 19.1. The highest BCUT2D eigenvalue weighted by molar-refractivity contribution is 5.49. The molecule has 1 aromatic rings. The van der Waals surface area contributed by atoms with Crippen LogP contribution in [-0.2, 0) is 0 Å². The first-order valence-electron chi connectivity index (χ1n) is 5.07. The molecule has 0 fully saturated rings. The minimum atomic E-state index is -0.537. The van der Waals surface area contributed by atoms with Crippen LogP contribution in [0.4, 0.5) is 10.1 Å². The molecule has 1 rings (SSSR count). The van der Waals surface area contributed by atoms with Crippen molar-refractivity contribution in [3.63, 3.8) is 0 Å². The van der Waals surface area contributed by atoms with Crippen molar-refractivity contribution in [2.24, 2.45) is 0 Å². The zero-order valence-corrected chi connectivity index (χ0v) is 9.27. The molecule has 0 radical (unpaired) electrons. The van der Waals surface area contributed by atoms with Gasteiger partial charge in [-0.05, 0) is 18.6 Å². The monoisotopic (exact) mass is 227 g/mol. The normalized spacial score (nSPS) is 12.2. The lowest BCUT2D eigenvalue weighted by molar-refractivity contribution is -0.385. The van der Waals surface area contributed by atoms with Crippen LogP contribution in [0.25, 0.3) is 0 Å². The van der Waals surface area contributed by atoms with Crippen LogP contribution >= 0.6 is 0 Å². The molecule has 1 aromatic carbocycles. The van der Waals surface area contributed by atoms with Crippen molar-refractivity contribution >= 4 is 5.69 Å². The lowest BCUT2D eigenvalue weighted by atomic mass is 10.0. The van der Waals surface area contributed by atoms with Gasteiger partial charge in [-0.1, -0.05) is 13.0 Å². The predicted octanol–water partition coefficient (Wildman–Crippen LogP) is 3.07. The molecule has 1 atom stereocenters. The second-order valence-electron chi connectivity index (χ2n) is 3.47. The summed E-state index contributed by atoms with van der Waals surface area (Å²) >= 11 is 0. The fourth-order valence-corrected chi connectivity index (χ4v) is 1.35. The van der Waals surface area contributed by atoms with Gasteiger partial charge in [0, 0.05) is 12.0 Å². The number of nitro benzene ring substituents is 1. The van der Waals surface area contributed by atoms with Crippen LogP contribution in [0.2, 0.25) is 0 Å². The Kier molecular flexibility index (Phi) is 4.22. The first kappa shape index (κ1) is 12.4. The minimum Gasteiger partial charge on any atom is -0.487 e. The molecule has 5 heteroatoms. The van der Waals surface area contributed by atoms with Gasteiger partial charge in [0.25, 0.3) is 0 Å². The fraction of sp³-hybridized carbons (Fsp3) is 0.455. The number of hydrogen-bond donors (Lipinski definition) is 0. The highest BCUT2D eigenvalue weighted by Gasteiger charge is 2.17. The van der Waals surface area contributed by atoms with E-state index in [1.54, 1.807) is 19.9 Å². The zero-order valence-electron chi connectivity index (χ0n) is 9.27. The minimum absolute atomic E-state index is 0.111. The van der Waals surface area contributed by atoms with Crippen molar-refractivity contribution in [1.29, 1.82) is 0 Å². The molecule has 1 unspecified atom stereocenters. The maximum Gasteiger partial charge on any atom is 0.311 e. The van der Waals surface area contributed by atoms with E-state index < -0.39 is 11.6 Å². The van der Waals surface area contributed by atoms with E-state index in [9.17, 15) is 14.5 Å². The Morgan fingerprint density at radius 1 is 1.56 bits per heavy atom. The molecule has 0 amide bonds. The summed E-state index contributed by atoms with van der Waals surface area (Å²) in [4.78, 5) is 10.3. The van der Waals surface area contributed by atoms with Crippen molar-refractivity contribution in [3.05, 3.63) is 33.9 Å². The third kappa shape index (κ3) is 2.68. The maximum absolute atomic E-state index is 12.5. The van der Waals surface area contributed by atoms with Gasteiger partial charge in [-0.25, -0.2) is 0 Å². The Morgan fingerprint density at radius 3 is 2.75 bits per heavy atom. The van der Waals surface area contributed by atoms with Crippen molar-refractivity contribution in [1.82, 2.24) is 0 Å². The van der Waals surface area contributed by atoms with Gasteiger partial charge in [-0.15, -0.1) is 0 Å². The Morgan fingerprint density at radius 2 is 2.25 bits per heavy atom. The van der Waals surface area contributed by atoms with Crippen LogP contribution in [0.5, 0.6) is 5.75 Å². The number of rotatable bonds is 5. The van der Waals surface area contributed by atoms with E-state index in [0.29, 0.717) is 12.2 Å². The molecule has 0 saturated heterocycles. The van der Waals surface area contributed by atoms with E-state index in [2.05, 4.69) is 0 Å². The summed E-state index contributed by atoms with van der Waals surface area (Å²) < 4.78 is 17.6. The van der Waals surface area contributed by atoms with Crippen molar-refractivity contribution < 1.29 is 14.1 Å². The predicted molar refractivity (Wildman–Crippen MR) is 58.7 cm³/mol. The summed E-state index contributed by atoms with van der Waals surface area (Å²) in [6.07, 6.45) is 0. The molecule has 0 spiro atoms. The third-order valence-electron chi connectivity index (χ3n) is 2.28. The Bertz CT molecular complexity index is 381. The number of ether oxygens (including phenoxy) is 1. The van der Waals surface area contributed by atoms with E-state index in [0.717, 1.165) is 0 Å². The van der Waals surface area contributed by atoms with Gasteiger partial charge >= 0.3 is 5.69 Å². The van der Waals surface area contributed by atoms with Crippen LogP contribution in [0.3, 0.4) is 0 Å². The second kappa shape index (κ2) is 5.44. The standard InChI is InChI=1S/C11H14FNO3/c1-3-16-11-5-4-9(8(2)7-12)6-10(11)13(14)15/h4-6,8H,3,7H2,1-2H3. The third-order valence-corrected chi connectivity index (χ3v) is 2.28. The summed E-state index contributed by atoms with van der Waals surface area (Å²) in [6, 6.07) is 4.54. The summed E-state index contributed by atoms with van der Waals surface area (Å²) in [6.45, 7) is 3.26. The molecule has 0 bridgehead atoms. The zero-order chi connectivity index (χ0) is 12.1. The van der Waals surface area contributed by atoms with E-state index >= 15 is 0 Å². The van der Waals surface area contributed by atoms with Gasteiger partial charge in [-0.2, -0.15) is 0 Å². The highest BCUT2D eigenvalue weighted by Crippen LogP contribution is 2.30. The maximum atomic E-state index is 12.5. The Hall–Kier alpha value is -1.65. The molecule has 0 N–H and O–H groups in total. The smallest absolute Gasteiger partial charge is 0.311 e. The average Bonchev–Trinajstić information content (AvgIpc) is 2.28. The van der Waals surface area contributed by atoms with E-state index in [1.807, 2.05) is 0 Å². The first-order chi connectivity index (χ1) is 7.60. The van der Waals surface area contributed by atoms with Crippen molar-refractivity contribution in [2.45, 2.75) is 19.8 Å². The number of nitro groups is 1. The summed E-state index contributed by atoms with van der Waals surface area (Å²) in [5.41, 5.74) is 0.498. The van der Waals surface area contributed by atoms with Crippen LogP contribution in [0.15, 0.2) is 18.2 Å². The van der Waals surface area contributed by atoms with Crippen molar-refractivity contribution in [3.8, 4) is 5.75 Å². The fourth-order valence-electron chi connectivity index (χ4n) is 1.35. The molecular weight excluding hydrogens is 213 g/mol. The number of nitrogens with zero attached hydrogens (tertiary/aromatic N) is 1. The quantitative estimate of drug-likeness (QED) is 0.573. The molecule has 0 aliphatic carbocycles. The van der Waals surface area contributed by atoms with E-state index in [1.165, 1.54) is 12.1 Å². The second-order valence-corrected chi connectivity index (χ2v) is 3.47. The first-order valence-corrected chi connectivity index (χ1v) is 5.07. The average molecular weight is 227 g/mol. The van der Waals surface area contributed by atoms with Gasteiger partial charge in [0.1, 0.15) is 0 Å². The van der Waals surface area contributed by atoms with Crippen LogP contribution in [0.1, 0.15) is 25.3 Å². The largest absolute Gasteiger partial charge is 0.487 e. The Balaban J connectivity index is 3.12. The number of alkyl halides is 1. The molecule has 88 valence electrons. The lowest BCUT2D eigenvalue weighted by Crippen LogP contribution is -2.01. The van der Waals surface area contributed by atoms with Gasteiger partial charge in [0.05, 0.1) is 18.2 Å². The molecule has 0 aliphatic heterocycles. The molecule has 16 heavy (non-hydrogen) atoms. The summed E-state index contributed by atoms with van der Waals surface area (Å²) in [7, 11) is 0. The molecule has 4 nitrogen and oxygen atoms in total. The summed E-state index contributed by atoms with van der Waals surface area (Å²) in [5, 5.41) is 10.8. The van der Waals surface area contributed by atoms with Gasteiger partial charge < -0.3 is 4.74 Å². The van der Waals surface area contributed by atoms with E-state index in [4.69, 9.17) is 4.74 Å². The number of hydrogen-bond acceptors (Lipinski definition) is 3. The number of benzene rings is 1. The van der Waals surface area contributed by atoms with Gasteiger partial charge in [-0.3, -0.25) is 14.5 Å². The molecule has 0 aromatic heterocycles. The topological polar surface area (TPSA) is 52.4 Å². The van der Waals surface area contributed by atoms with Crippen molar-refractivity contribution in [2.75, 3.05) is 13.3 Å². The van der Waals surface area contributed by atoms with E-state index in [-0.39, 0.29) is 17.4 Å². The van der Waals surface area contributed by atoms with Gasteiger partial charge in [0.2, 0.25) is 0 Å². The molecular formula is C11H14FNO3. The van der Waals surface area contributed by atoms with Crippen LogP contribution in [0, 0.1) is 10.1 Å². The molecule has 0 heterocycles. The molecule has 0 aliphatic rings. The summed E-state index contributed by atoms with van der Waals surface area (Å²) in [5.74, 6) is -0.114. The van der Waals surface area contributed by atoms with Crippen LogP contribution < -0.4 is 4.74 Å². The SMILES string of the molecule is CCOc1ccc(C(C)CF)cc1[N+](=O)[O-]. The molecule has 0 saturated carbocycles. The van der Waals surface area contributed by atoms with Crippen LogP contribution in [-0.4, -0.2) is 18.2 Å². The lowest BCUT2D eigenvalue weighted by Gasteiger charge is -2.09.